The fraction of sp³-hybridized carbons (Fsp3) is 0.417. The molecule has 5 nitrogen and oxygen atoms in total. The van der Waals surface area contributed by atoms with Gasteiger partial charge in [0.15, 0.2) is 11.5 Å². The van der Waals surface area contributed by atoms with Gasteiger partial charge in [0.1, 0.15) is 6.04 Å². The van der Waals surface area contributed by atoms with Crippen LogP contribution in [-0.4, -0.2) is 30.8 Å². The fourth-order valence-corrected chi connectivity index (χ4v) is 1.44. The number of aromatic hydroxyl groups is 1. The maximum atomic E-state index is 11.3. The summed E-state index contributed by atoms with van der Waals surface area (Å²) in [4.78, 5) is 11.3. The van der Waals surface area contributed by atoms with Gasteiger partial charge < -0.3 is 20.3 Å². The number of hydrogen-bond acceptors (Lipinski definition) is 5. The Balaban J connectivity index is 0.00000289. The van der Waals surface area contributed by atoms with Crippen LogP contribution in [0.2, 0.25) is 0 Å². The molecule has 0 radical (unpaired) electrons. The normalized spacial score (nSPS) is 11.3. The number of phenolic OH excluding ortho intramolecular Hbond substituents is 1. The molecule has 0 saturated heterocycles. The molecule has 1 aromatic carbocycles. The Kier molecular flexibility index (Phi) is 7.16. The molecule has 0 saturated carbocycles. The zero-order chi connectivity index (χ0) is 12.8. The molecule has 0 fully saturated rings. The second-order valence-electron chi connectivity index (χ2n) is 3.57. The molecule has 1 atom stereocenters. The monoisotopic (exact) mass is 275 g/mol. The van der Waals surface area contributed by atoms with Crippen LogP contribution in [0.3, 0.4) is 0 Å². The van der Waals surface area contributed by atoms with E-state index in [2.05, 4.69) is 0 Å². The van der Waals surface area contributed by atoms with Gasteiger partial charge in [0.25, 0.3) is 0 Å². The van der Waals surface area contributed by atoms with E-state index in [0.29, 0.717) is 18.8 Å². The Hall–Kier alpha value is -1.46. The Morgan fingerprint density at radius 2 is 2.17 bits per heavy atom. The Morgan fingerprint density at radius 3 is 2.72 bits per heavy atom. The van der Waals surface area contributed by atoms with Crippen LogP contribution < -0.4 is 10.5 Å². The van der Waals surface area contributed by atoms with Crippen molar-refractivity contribution in [3.8, 4) is 11.5 Å². The number of carbonyl (C=O) groups excluding carboxylic acids is 1. The minimum Gasteiger partial charge on any atom is -0.504 e. The molecule has 1 aromatic rings. The lowest BCUT2D eigenvalue weighted by atomic mass is 10.1. The second kappa shape index (κ2) is 7.79. The van der Waals surface area contributed by atoms with E-state index in [4.69, 9.17) is 15.2 Å². The molecule has 0 aliphatic carbocycles. The van der Waals surface area contributed by atoms with Crippen LogP contribution >= 0.6 is 12.4 Å². The third kappa shape index (κ3) is 4.43. The number of hydrogen-bond donors (Lipinski definition) is 2. The second-order valence-corrected chi connectivity index (χ2v) is 3.57. The lowest BCUT2D eigenvalue weighted by Gasteiger charge is -2.11. The molecular formula is C12H18ClNO4. The van der Waals surface area contributed by atoms with Crippen LogP contribution in [0.4, 0.5) is 0 Å². The van der Waals surface area contributed by atoms with Gasteiger partial charge in [-0.15, -0.1) is 12.4 Å². The quantitative estimate of drug-likeness (QED) is 0.791. The SMILES string of the molecule is CCOC(=O)[C@@H](N)Cc1ccc(O)c(OC)c1.Cl. The molecular weight excluding hydrogens is 258 g/mol. The minimum absolute atomic E-state index is 0. The summed E-state index contributed by atoms with van der Waals surface area (Å²) in [7, 11) is 1.46. The van der Waals surface area contributed by atoms with E-state index < -0.39 is 12.0 Å². The van der Waals surface area contributed by atoms with E-state index >= 15 is 0 Å². The van der Waals surface area contributed by atoms with Crippen LogP contribution in [0.1, 0.15) is 12.5 Å². The van der Waals surface area contributed by atoms with Crippen molar-refractivity contribution in [1.29, 1.82) is 0 Å². The smallest absolute Gasteiger partial charge is 0.323 e. The van der Waals surface area contributed by atoms with Gasteiger partial charge >= 0.3 is 5.97 Å². The predicted molar refractivity (Wildman–Crippen MR) is 70.2 cm³/mol. The molecule has 0 unspecified atom stereocenters. The number of halogens is 1. The number of esters is 1. The lowest BCUT2D eigenvalue weighted by Crippen LogP contribution is -2.34. The number of rotatable bonds is 5. The molecule has 6 heteroatoms. The molecule has 0 amide bonds. The van der Waals surface area contributed by atoms with E-state index in [1.165, 1.54) is 13.2 Å². The maximum absolute atomic E-state index is 11.3. The summed E-state index contributed by atoms with van der Waals surface area (Å²) in [6.07, 6.45) is 0.343. The average Bonchev–Trinajstić information content (AvgIpc) is 2.31. The zero-order valence-electron chi connectivity index (χ0n) is 10.4. The summed E-state index contributed by atoms with van der Waals surface area (Å²) in [6.45, 7) is 2.04. The van der Waals surface area contributed by atoms with Crippen molar-refractivity contribution in [3.63, 3.8) is 0 Å². The highest BCUT2D eigenvalue weighted by Gasteiger charge is 2.15. The topological polar surface area (TPSA) is 81.8 Å². The van der Waals surface area contributed by atoms with E-state index in [9.17, 15) is 9.90 Å². The minimum atomic E-state index is -0.704. The van der Waals surface area contributed by atoms with Crippen molar-refractivity contribution < 1.29 is 19.4 Å². The van der Waals surface area contributed by atoms with Gasteiger partial charge in [0, 0.05) is 0 Å². The molecule has 0 spiro atoms. The third-order valence-electron chi connectivity index (χ3n) is 2.29. The molecule has 3 N–H and O–H groups in total. The molecule has 0 aromatic heterocycles. The first-order valence-corrected chi connectivity index (χ1v) is 5.36. The van der Waals surface area contributed by atoms with E-state index in [0.717, 1.165) is 5.56 Å². The van der Waals surface area contributed by atoms with Crippen LogP contribution in [0, 0.1) is 0 Å². The summed E-state index contributed by atoms with van der Waals surface area (Å²) in [5, 5.41) is 9.41. The van der Waals surface area contributed by atoms with Gasteiger partial charge in [-0.2, -0.15) is 0 Å². The maximum Gasteiger partial charge on any atom is 0.323 e. The molecule has 0 heterocycles. The number of carbonyl (C=O) groups is 1. The largest absolute Gasteiger partial charge is 0.504 e. The van der Waals surface area contributed by atoms with Gasteiger partial charge in [-0.1, -0.05) is 6.07 Å². The highest BCUT2D eigenvalue weighted by molar-refractivity contribution is 5.85. The first-order valence-electron chi connectivity index (χ1n) is 5.36. The van der Waals surface area contributed by atoms with Gasteiger partial charge in [-0.25, -0.2) is 0 Å². The van der Waals surface area contributed by atoms with Gasteiger partial charge in [-0.05, 0) is 31.0 Å². The van der Waals surface area contributed by atoms with Crippen LogP contribution in [0.5, 0.6) is 11.5 Å². The van der Waals surface area contributed by atoms with Crippen molar-refractivity contribution in [1.82, 2.24) is 0 Å². The van der Waals surface area contributed by atoms with Crippen molar-refractivity contribution >= 4 is 18.4 Å². The average molecular weight is 276 g/mol. The molecule has 1 rings (SSSR count). The van der Waals surface area contributed by atoms with Crippen LogP contribution in [0.25, 0.3) is 0 Å². The molecule has 0 aliphatic rings. The third-order valence-corrected chi connectivity index (χ3v) is 2.29. The first kappa shape index (κ1) is 16.5. The van der Waals surface area contributed by atoms with Crippen molar-refractivity contribution in [2.45, 2.75) is 19.4 Å². The summed E-state index contributed by atoms with van der Waals surface area (Å²) in [5.41, 5.74) is 6.49. The van der Waals surface area contributed by atoms with Crippen LogP contribution in [0.15, 0.2) is 18.2 Å². The number of benzene rings is 1. The van der Waals surface area contributed by atoms with Crippen molar-refractivity contribution in [2.75, 3.05) is 13.7 Å². The molecule has 0 bridgehead atoms. The number of phenols is 1. The number of methoxy groups -OCH3 is 1. The zero-order valence-corrected chi connectivity index (χ0v) is 11.2. The highest BCUT2D eigenvalue weighted by atomic mass is 35.5. The fourth-order valence-electron chi connectivity index (χ4n) is 1.44. The van der Waals surface area contributed by atoms with Gasteiger partial charge in [-0.3, -0.25) is 4.79 Å². The van der Waals surface area contributed by atoms with Crippen LogP contribution in [-0.2, 0) is 16.0 Å². The number of nitrogens with two attached hydrogens (primary N) is 1. The van der Waals surface area contributed by atoms with Crippen molar-refractivity contribution in [2.24, 2.45) is 5.73 Å². The summed E-state index contributed by atoms with van der Waals surface area (Å²) < 4.78 is 9.78. The van der Waals surface area contributed by atoms with E-state index in [1.807, 2.05) is 0 Å². The predicted octanol–water partition coefficient (Wildman–Crippen LogP) is 1.26. The molecule has 18 heavy (non-hydrogen) atoms. The van der Waals surface area contributed by atoms with E-state index in [1.54, 1.807) is 19.1 Å². The summed E-state index contributed by atoms with van der Waals surface area (Å²) in [6, 6.07) is 4.14. The molecule has 102 valence electrons. The van der Waals surface area contributed by atoms with Gasteiger partial charge in [0.05, 0.1) is 13.7 Å². The Labute approximate surface area is 112 Å². The van der Waals surface area contributed by atoms with Gasteiger partial charge in [0.2, 0.25) is 0 Å². The Bertz CT molecular complexity index is 398. The number of ether oxygens (including phenoxy) is 2. The lowest BCUT2D eigenvalue weighted by molar-refractivity contribution is -0.144. The first-order chi connectivity index (χ1) is 8.08. The molecule has 0 aliphatic heterocycles. The van der Waals surface area contributed by atoms with E-state index in [-0.39, 0.29) is 18.2 Å². The van der Waals surface area contributed by atoms with Crippen molar-refractivity contribution in [3.05, 3.63) is 23.8 Å². The highest BCUT2D eigenvalue weighted by Crippen LogP contribution is 2.26. The summed E-state index contributed by atoms with van der Waals surface area (Å²) in [5.74, 6) is -0.0148. The standard InChI is InChI=1S/C12H17NO4.ClH/c1-3-17-12(15)9(13)6-8-4-5-10(14)11(7-8)16-2;/h4-5,7,9,14H,3,6,13H2,1-2H3;1H/t9-;/m0./s1. The summed E-state index contributed by atoms with van der Waals surface area (Å²) >= 11 is 0. The Morgan fingerprint density at radius 1 is 1.50 bits per heavy atom.